The summed E-state index contributed by atoms with van der Waals surface area (Å²) >= 11 is 5.86. The van der Waals surface area contributed by atoms with Gasteiger partial charge < -0.3 is 15.4 Å². The van der Waals surface area contributed by atoms with Gasteiger partial charge in [0.25, 0.3) is 5.91 Å². The SMILES string of the molecule is COC(=O)c1cccc(NC(=O)c2cnc(NCc3ccc(Cl)cc3)cn2)c1. The molecule has 0 atom stereocenters. The second-order valence-corrected chi connectivity index (χ2v) is 6.23. The van der Waals surface area contributed by atoms with E-state index in [-0.39, 0.29) is 5.69 Å². The predicted molar refractivity (Wildman–Crippen MR) is 107 cm³/mol. The second kappa shape index (κ2) is 8.96. The van der Waals surface area contributed by atoms with Crippen molar-refractivity contribution < 1.29 is 14.3 Å². The highest BCUT2D eigenvalue weighted by molar-refractivity contribution is 6.30. The van der Waals surface area contributed by atoms with Crippen LogP contribution in [-0.4, -0.2) is 29.0 Å². The fourth-order valence-electron chi connectivity index (χ4n) is 2.37. The van der Waals surface area contributed by atoms with Crippen LogP contribution in [0.4, 0.5) is 11.5 Å². The van der Waals surface area contributed by atoms with E-state index in [1.165, 1.54) is 25.6 Å². The maximum atomic E-state index is 12.3. The summed E-state index contributed by atoms with van der Waals surface area (Å²) in [6.45, 7) is 0.553. The van der Waals surface area contributed by atoms with Gasteiger partial charge in [-0.2, -0.15) is 0 Å². The van der Waals surface area contributed by atoms with E-state index in [2.05, 4.69) is 25.3 Å². The van der Waals surface area contributed by atoms with Crippen LogP contribution in [0, 0.1) is 0 Å². The van der Waals surface area contributed by atoms with Crippen LogP contribution in [-0.2, 0) is 11.3 Å². The van der Waals surface area contributed by atoms with Crippen molar-refractivity contribution in [3.05, 3.63) is 82.8 Å². The zero-order valence-electron chi connectivity index (χ0n) is 15.0. The lowest BCUT2D eigenvalue weighted by Crippen LogP contribution is -2.15. The summed E-state index contributed by atoms with van der Waals surface area (Å²) in [5.74, 6) is -0.370. The van der Waals surface area contributed by atoms with Crippen LogP contribution in [0.5, 0.6) is 0 Å². The fourth-order valence-corrected chi connectivity index (χ4v) is 2.49. The summed E-state index contributed by atoms with van der Waals surface area (Å²) in [7, 11) is 1.30. The summed E-state index contributed by atoms with van der Waals surface area (Å²) in [6.07, 6.45) is 2.86. The molecule has 142 valence electrons. The summed E-state index contributed by atoms with van der Waals surface area (Å²) in [5, 5.41) is 6.48. The third kappa shape index (κ3) is 5.05. The number of hydrogen-bond donors (Lipinski definition) is 2. The molecule has 1 heterocycles. The minimum absolute atomic E-state index is 0.153. The molecule has 8 heteroatoms. The Morgan fingerprint density at radius 1 is 1.07 bits per heavy atom. The first-order valence-corrected chi connectivity index (χ1v) is 8.73. The topological polar surface area (TPSA) is 93.2 Å². The molecule has 0 bridgehead atoms. The van der Waals surface area contributed by atoms with Gasteiger partial charge in [0.2, 0.25) is 0 Å². The van der Waals surface area contributed by atoms with E-state index < -0.39 is 11.9 Å². The van der Waals surface area contributed by atoms with E-state index in [0.29, 0.717) is 28.6 Å². The number of nitrogens with one attached hydrogen (secondary N) is 2. The van der Waals surface area contributed by atoms with E-state index in [4.69, 9.17) is 11.6 Å². The average Bonchev–Trinajstić information content (AvgIpc) is 2.73. The van der Waals surface area contributed by atoms with Crippen molar-refractivity contribution in [2.45, 2.75) is 6.54 Å². The number of nitrogens with zero attached hydrogens (tertiary/aromatic N) is 2. The Kier molecular flexibility index (Phi) is 6.18. The van der Waals surface area contributed by atoms with Crippen molar-refractivity contribution in [2.24, 2.45) is 0 Å². The summed E-state index contributed by atoms with van der Waals surface area (Å²) < 4.78 is 4.67. The molecule has 2 N–H and O–H groups in total. The molecule has 28 heavy (non-hydrogen) atoms. The van der Waals surface area contributed by atoms with Crippen LogP contribution in [0.25, 0.3) is 0 Å². The number of carbonyl (C=O) groups is 2. The van der Waals surface area contributed by atoms with Gasteiger partial charge in [0.15, 0.2) is 0 Å². The second-order valence-electron chi connectivity index (χ2n) is 5.79. The number of anilines is 2. The Hall–Kier alpha value is -3.45. The van der Waals surface area contributed by atoms with Crippen molar-refractivity contribution in [1.82, 2.24) is 9.97 Å². The van der Waals surface area contributed by atoms with Gasteiger partial charge >= 0.3 is 5.97 Å². The third-order valence-corrected chi connectivity index (χ3v) is 4.06. The number of methoxy groups -OCH3 is 1. The molecule has 3 rings (SSSR count). The molecule has 0 aliphatic carbocycles. The van der Waals surface area contributed by atoms with Gasteiger partial charge in [-0.3, -0.25) is 4.79 Å². The number of carbonyl (C=O) groups excluding carboxylic acids is 2. The third-order valence-electron chi connectivity index (χ3n) is 3.81. The molecule has 0 saturated carbocycles. The van der Waals surface area contributed by atoms with Gasteiger partial charge in [0.1, 0.15) is 11.5 Å². The van der Waals surface area contributed by atoms with Gasteiger partial charge in [-0.1, -0.05) is 29.8 Å². The summed E-state index contributed by atoms with van der Waals surface area (Å²) in [6, 6.07) is 13.9. The van der Waals surface area contributed by atoms with E-state index in [1.54, 1.807) is 18.2 Å². The molecule has 0 fully saturated rings. The van der Waals surface area contributed by atoms with Crippen LogP contribution < -0.4 is 10.6 Å². The molecule has 3 aromatic rings. The highest BCUT2D eigenvalue weighted by Crippen LogP contribution is 2.14. The smallest absolute Gasteiger partial charge is 0.337 e. The molecule has 0 aliphatic heterocycles. The van der Waals surface area contributed by atoms with E-state index >= 15 is 0 Å². The Morgan fingerprint density at radius 3 is 2.54 bits per heavy atom. The molecule has 1 aromatic heterocycles. The van der Waals surface area contributed by atoms with Crippen LogP contribution in [0.3, 0.4) is 0 Å². The number of amides is 1. The fraction of sp³-hybridized carbons (Fsp3) is 0.100. The zero-order chi connectivity index (χ0) is 19.9. The quantitative estimate of drug-likeness (QED) is 0.616. The Balaban J connectivity index is 1.60. The predicted octanol–water partition coefficient (Wildman–Crippen LogP) is 3.78. The Bertz CT molecular complexity index is 976. The van der Waals surface area contributed by atoms with E-state index in [9.17, 15) is 9.59 Å². The molecule has 0 unspecified atom stereocenters. The molecule has 7 nitrogen and oxygen atoms in total. The molecule has 2 aromatic carbocycles. The Morgan fingerprint density at radius 2 is 1.86 bits per heavy atom. The summed E-state index contributed by atoms with van der Waals surface area (Å²) in [5.41, 5.74) is 1.99. The van der Waals surface area contributed by atoms with Crippen molar-refractivity contribution in [1.29, 1.82) is 0 Å². The van der Waals surface area contributed by atoms with Gasteiger partial charge in [0, 0.05) is 17.3 Å². The van der Waals surface area contributed by atoms with Crippen LogP contribution in [0.2, 0.25) is 5.02 Å². The minimum atomic E-state index is -0.480. The first-order chi connectivity index (χ1) is 13.5. The largest absolute Gasteiger partial charge is 0.465 e. The molecule has 1 amide bonds. The highest BCUT2D eigenvalue weighted by Gasteiger charge is 2.11. The van der Waals surface area contributed by atoms with Gasteiger partial charge in [0.05, 0.1) is 25.1 Å². The summed E-state index contributed by atoms with van der Waals surface area (Å²) in [4.78, 5) is 32.2. The maximum Gasteiger partial charge on any atom is 0.337 e. The standard InChI is InChI=1S/C20H17ClN4O3/c1-28-20(27)14-3-2-4-16(9-14)25-19(26)17-11-24-18(12-22-17)23-10-13-5-7-15(21)8-6-13/h2-9,11-12H,10H2,1H3,(H,23,24)(H,25,26). The van der Waals surface area contributed by atoms with E-state index in [1.807, 2.05) is 24.3 Å². The van der Waals surface area contributed by atoms with Crippen molar-refractivity contribution in [2.75, 3.05) is 17.7 Å². The minimum Gasteiger partial charge on any atom is -0.465 e. The average molecular weight is 397 g/mol. The Labute approximate surface area is 166 Å². The van der Waals surface area contributed by atoms with Crippen molar-refractivity contribution in [3.8, 4) is 0 Å². The number of esters is 1. The van der Waals surface area contributed by atoms with Crippen LogP contribution >= 0.6 is 11.6 Å². The number of rotatable bonds is 6. The first-order valence-electron chi connectivity index (χ1n) is 8.35. The van der Waals surface area contributed by atoms with Crippen molar-refractivity contribution >= 4 is 35.0 Å². The normalized spacial score (nSPS) is 10.2. The molecule has 0 spiro atoms. The van der Waals surface area contributed by atoms with Crippen LogP contribution in [0.15, 0.2) is 60.9 Å². The highest BCUT2D eigenvalue weighted by atomic mass is 35.5. The number of halogens is 1. The molecule has 0 radical (unpaired) electrons. The number of benzene rings is 2. The number of hydrogen-bond acceptors (Lipinski definition) is 6. The molecule has 0 saturated heterocycles. The lowest BCUT2D eigenvalue weighted by Gasteiger charge is -2.08. The lowest BCUT2D eigenvalue weighted by atomic mass is 10.2. The van der Waals surface area contributed by atoms with Gasteiger partial charge in [-0.25, -0.2) is 14.8 Å². The van der Waals surface area contributed by atoms with Crippen molar-refractivity contribution in [3.63, 3.8) is 0 Å². The molecular weight excluding hydrogens is 380 g/mol. The first kappa shape index (κ1) is 19.3. The number of ether oxygens (including phenoxy) is 1. The van der Waals surface area contributed by atoms with E-state index in [0.717, 1.165) is 5.56 Å². The number of aromatic nitrogens is 2. The zero-order valence-corrected chi connectivity index (χ0v) is 15.7. The molecule has 0 aliphatic rings. The lowest BCUT2D eigenvalue weighted by molar-refractivity contribution is 0.0600. The molecular formula is C20H17ClN4O3. The van der Waals surface area contributed by atoms with Gasteiger partial charge in [-0.05, 0) is 35.9 Å². The maximum absolute atomic E-state index is 12.3. The monoisotopic (exact) mass is 396 g/mol. The van der Waals surface area contributed by atoms with Gasteiger partial charge in [-0.15, -0.1) is 0 Å². The van der Waals surface area contributed by atoms with Crippen LogP contribution in [0.1, 0.15) is 26.4 Å².